The summed E-state index contributed by atoms with van der Waals surface area (Å²) in [7, 11) is 2.06. The Morgan fingerprint density at radius 3 is 2.80 bits per heavy atom. The fraction of sp³-hybridized carbons (Fsp3) is 0.846. The van der Waals surface area contributed by atoms with E-state index in [9.17, 15) is 0 Å². The minimum absolute atomic E-state index is 0.435. The number of hydrogen-bond donors (Lipinski definition) is 1. The van der Waals surface area contributed by atoms with Gasteiger partial charge in [0.25, 0.3) is 0 Å². The van der Waals surface area contributed by atoms with E-state index in [1.807, 2.05) is 0 Å². The summed E-state index contributed by atoms with van der Waals surface area (Å²) in [6.07, 6.45) is 7.39. The van der Waals surface area contributed by atoms with Crippen LogP contribution in [0.2, 0.25) is 0 Å². The van der Waals surface area contributed by atoms with Crippen molar-refractivity contribution >= 4 is 0 Å². The lowest BCUT2D eigenvalue weighted by molar-refractivity contribution is 0.151. The summed E-state index contributed by atoms with van der Waals surface area (Å²) in [5.41, 5.74) is 0.459. The Hall–Kier alpha value is -0.500. The number of likely N-dealkylation sites (N-methyl/N-ethyl adjacent to an activating group) is 1. The van der Waals surface area contributed by atoms with E-state index in [4.69, 9.17) is 4.74 Å². The predicted octanol–water partition coefficient (Wildman–Crippen LogP) is 2.70. The third kappa shape index (κ3) is 2.05. The Morgan fingerprint density at radius 2 is 2.33 bits per heavy atom. The first-order valence-electron chi connectivity index (χ1n) is 6.15. The molecule has 2 unspecified atom stereocenters. The highest BCUT2D eigenvalue weighted by Crippen LogP contribution is 2.46. The van der Waals surface area contributed by atoms with E-state index >= 15 is 0 Å². The van der Waals surface area contributed by atoms with Crippen LogP contribution < -0.4 is 5.32 Å². The standard InChI is InChI=1S/C13H23NO/c1-13(2)8-4-6-10(13)12(14-3)11-7-5-9-15-11/h7,10,12,14H,4-6,8-9H2,1-3H3. The van der Waals surface area contributed by atoms with Crippen molar-refractivity contribution in [3.8, 4) is 0 Å². The topological polar surface area (TPSA) is 21.3 Å². The summed E-state index contributed by atoms with van der Waals surface area (Å²) in [6.45, 7) is 5.66. The smallest absolute Gasteiger partial charge is 0.109 e. The Labute approximate surface area is 93.1 Å². The van der Waals surface area contributed by atoms with Crippen LogP contribution in [0.25, 0.3) is 0 Å². The first kappa shape index (κ1) is 11.0. The monoisotopic (exact) mass is 209 g/mol. The minimum Gasteiger partial charge on any atom is -0.496 e. The van der Waals surface area contributed by atoms with Gasteiger partial charge in [-0.1, -0.05) is 20.3 Å². The molecule has 1 fully saturated rings. The Bertz CT molecular complexity index is 257. The predicted molar refractivity (Wildman–Crippen MR) is 62.6 cm³/mol. The summed E-state index contributed by atoms with van der Waals surface area (Å²) >= 11 is 0. The summed E-state index contributed by atoms with van der Waals surface area (Å²) in [6, 6.07) is 0.435. The number of nitrogens with one attached hydrogen (secondary N) is 1. The van der Waals surface area contributed by atoms with Gasteiger partial charge in [-0.25, -0.2) is 0 Å². The molecule has 0 aromatic rings. The van der Waals surface area contributed by atoms with Crippen LogP contribution in [0.1, 0.15) is 39.5 Å². The zero-order chi connectivity index (χ0) is 10.9. The molecule has 2 aliphatic rings. The molecular formula is C13H23NO. The van der Waals surface area contributed by atoms with E-state index in [-0.39, 0.29) is 0 Å². The largest absolute Gasteiger partial charge is 0.496 e. The van der Waals surface area contributed by atoms with Gasteiger partial charge in [0.05, 0.1) is 12.6 Å². The number of hydrogen-bond acceptors (Lipinski definition) is 2. The fourth-order valence-corrected chi connectivity index (χ4v) is 3.17. The quantitative estimate of drug-likeness (QED) is 0.771. The van der Waals surface area contributed by atoms with Crippen LogP contribution in [0.5, 0.6) is 0 Å². The van der Waals surface area contributed by atoms with Gasteiger partial charge in [-0.15, -0.1) is 0 Å². The van der Waals surface area contributed by atoms with Crippen LogP contribution in [-0.2, 0) is 4.74 Å². The van der Waals surface area contributed by atoms with Gasteiger partial charge in [-0.3, -0.25) is 0 Å². The molecule has 0 aromatic heterocycles. The lowest BCUT2D eigenvalue weighted by Crippen LogP contribution is -2.40. The van der Waals surface area contributed by atoms with Gasteiger partial charge in [0, 0.05) is 6.42 Å². The lowest BCUT2D eigenvalue weighted by Gasteiger charge is -2.34. The SMILES string of the molecule is CNC(C1=CCCO1)C1CCCC1(C)C. The second kappa shape index (κ2) is 4.17. The Morgan fingerprint density at radius 1 is 1.53 bits per heavy atom. The van der Waals surface area contributed by atoms with E-state index < -0.39 is 0 Å². The maximum absolute atomic E-state index is 5.71. The van der Waals surface area contributed by atoms with Crippen LogP contribution in [0.3, 0.4) is 0 Å². The van der Waals surface area contributed by atoms with Gasteiger partial charge in [0.15, 0.2) is 0 Å². The normalized spacial score (nSPS) is 31.1. The van der Waals surface area contributed by atoms with Crippen LogP contribution in [0.4, 0.5) is 0 Å². The van der Waals surface area contributed by atoms with E-state index in [0.717, 1.165) is 18.9 Å². The average molecular weight is 209 g/mol. The number of rotatable bonds is 3. The van der Waals surface area contributed by atoms with Gasteiger partial charge >= 0.3 is 0 Å². The molecule has 2 atom stereocenters. The van der Waals surface area contributed by atoms with Gasteiger partial charge in [-0.05, 0) is 37.3 Å². The van der Waals surface area contributed by atoms with E-state index in [0.29, 0.717) is 11.5 Å². The molecule has 1 heterocycles. The second-order valence-electron chi connectivity index (χ2n) is 5.50. The lowest BCUT2D eigenvalue weighted by atomic mass is 9.77. The second-order valence-corrected chi connectivity index (χ2v) is 5.50. The summed E-state index contributed by atoms with van der Waals surface area (Å²) < 4.78 is 5.71. The Kier molecular flexibility index (Phi) is 3.06. The van der Waals surface area contributed by atoms with Crippen molar-refractivity contribution < 1.29 is 4.74 Å². The molecule has 1 aliphatic heterocycles. The molecule has 0 aromatic carbocycles. The molecule has 0 radical (unpaired) electrons. The summed E-state index contributed by atoms with van der Waals surface area (Å²) in [4.78, 5) is 0. The molecule has 86 valence electrons. The Balaban J connectivity index is 2.12. The first-order chi connectivity index (χ1) is 7.15. The first-order valence-corrected chi connectivity index (χ1v) is 6.15. The highest BCUT2D eigenvalue weighted by Gasteiger charge is 2.41. The minimum atomic E-state index is 0.435. The van der Waals surface area contributed by atoms with Gasteiger partial charge < -0.3 is 10.1 Å². The highest BCUT2D eigenvalue weighted by molar-refractivity contribution is 5.11. The molecule has 0 amide bonds. The van der Waals surface area contributed by atoms with E-state index in [2.05, 4.69) is 32.3 Å². The molecule has 0 spiro atoms. The van der Waals surface area contributed by atoms with Gasteiger partial charge in [-0.2, -0.15) is 0 Å². The van der Waals surface area contributed by atoms with E-state index in [1.165, 1.54) is 25.0 Å². The van der Waals surface area contributed by atoms with Crippen molar-refractivity contribution in [2.75, 3.05) is 13.7 Å². The van der Waals surface area contributed by atoms with E-state index in [1.54, 1.807) is 0 Å². The van der Waals surface area contributed by atoms with Crippen molar-refractivity contribution in [2.45, 2.75) is 45.6 Å². The zero-order valence-corrected chi connectivity index (χ0v) is 10.2. The van der Waals surface area contributed by atoms with Gasteiger partial charge in [0.2, 0.25) is 0 Å². The van der Waals surface area contributed by atoms with Crippen molar-refractivity contribution in [1.29, 1.82) is 0 Å². The average Bonchev–Trinajstić information content (AvgIpc) is 2.78. The molecule has 2 nitrogen and oxygen atoms in total. The third-order valence-electron chi connectivity index (χ3n) is 4.09. The summed E-state index contributed by atoms with van der Waals surface area (Å²) in [5.74, 6) is 1.92. The maximum atomic E-state index is 5.71. The molecule has 1 saturated carbocycles. The van der Waals surface area contributed by atoms with Crippen LogP contribution >= 0.6 is 0 Å². The number of ether oxygens (including phenoxy) is 1. The van der Waals surface area contributed by atoms with Crippen molar-refractivity contribution in [2.24, 2.45) is 11.3 Å². The fourth-order valence-electron chi connectivity index (χ4n) is 3.17. The molecule has 0 bridgehead atoms. The highest BCUT2D eigenvalue weighted by atomic mass is 16.5. The van der Waals surface area contributed by atoms with Crippen molar-refractivity contribution in [1.82, 2.24) is 5.32 Å². The summed E-state index contributed by atoms with van der Waals surface area (Å²) in [5, 5.41) is 3.45. The maximum Gasteiger partial charge on any atom is 0.109 e. The zero-order valence-electron chi connectivity index (χ0n) is 10.2. The third-order valence-corrected chi connectivity index (χ3v) is 4.09. The van der Waals surface area contributed by atoms with Crippen LogP contribution in [0.15, 0.2) is 11.8 Å². The molecule has 1 aliphatic carbocycles. The molecule has 2 heteroatoms. The van der Waals surface area contributed by atoms with Crippen LogP contribution in [0, 0.1) is 11.3 Å². The van der Waals surface area contributed by atoms with Crippen LogP contribution in [-0.4, -0.2) is 19.7 Å². The molecule has 15 heavy (non-hydrogen) atoms. The molecule has 1 N–H and O–H groups in total. The van der Waals surface area contributed by atoms with Crippen molar-refractivity contribution in [3.05, 3.63) is 11.8 Å². The van der Waals surface area contributed by atoms with Gasteiger partial charge in [0.1, 0.15) is 5.76 Å². The molecular weight excluding hydrogens is 186 g/mol. The molecule has 0 saturated heterocycles. The van der Waals surface area contributed by atoms with Crippen molar-refractivity contribution in [3.63, 3.8) is 0 Å². The molecule has 2 rings (SSSR count).